The zero-order valence-electron chi connectivity index (χ0n) is 14.4. The Morgan fingerprint density at radius 2 is 1.85 bits per heavy atom. The second-order valence-electron chi connectivity index (χ2n) is 5.61. The van der Waals surface area contributed by atoms with Gasteiger partial charge in [-0.1, -0.05) is 35.9 Å². The molecule has 26 heavy (non-hydrogen) atoms. The smallest absolute Gasteiger partial charge is 0.328 e. The van der Waals surface area contributed by atoms with Crippen LogP contribution in [-0.2, 0) is 20.7 Å². The monoisotopic (exact) mass is 374 g/mol. The summed E-state index contributed by atoms with van der Waals surface area (Å²) in [6.07, 6.45) is 0.198. The number of amides is 2. The summed E-state index contributed by atoms with van der Waals surface area (Å²) in [5.41, 5.74) is 1.52. The zero-order chi connectivity index (χ0) is 19.1. The first kappa shape index (κ1) is 19.5. The second-order valence-corrected chi connectivity index (χ2v) is 6.01. The van der Waals surface area contributed by atoms with Gasteiger partial charge in [-0.3, -0.25) is 9.59 Å². The molecule has 2 amide bonds. The molecule has 0 bridgehead atoms. The largest absolute Gasteiger partial charge is 0.467 e. The van der Waals surface area contributed by atoms with Crippen LogP contribution < -0.4 is 10.6 Å². The van der Waals surface area contributed by atoms with Crippen molar-refractivity contribution in [2.45, 2.75) is 19.4 Å². The number of halogens is 1. The maximum Gasteiger partial charge on any atom is 0.328 e. The zero-order valence-corrected chi connectivity index (χ0v) is 15.2. The van der Waals surface area contributed by atoms with Gasteiger partial charge in [0.2, 0.25) is 5.91 Å². The van der Waals surface area contributed by atoms with E-state index in [1.165, 1.54) is 20.1 Å². The highest BCUT2D eigenvalue weighted by Gasteiger charge is 2.23. The highest BCUT2D eigenvalue weighted by atomic mass is 35.5. The molecule has 2 aromatic rings. The molecule has 6 nitrogen and oxygen atoms in total. The van der Waals surface area contributed by atoms with E-state index in [4.69, 9.17) is 16.3 Å². The van der Waals surface area contributed by atoms with E-state index in [0.717, 1.165) is 5.56 Å². The van der Waals surface area contributed by atoms with Crippen LogP contribution in [0.25, 0.3) is 0 Å². The third kappa shape index (κ3) is 5.32. The highest BCUT2D eigenvalue weighted by Crippen LogP contribution is 2.17. The number of ether oxygens (including phenoxy) is 1. The lowest BCUT2D eigenvalue weighted by Gasteiger charge is -2.17. The average molecular weight is 375 g/mol. The Balaban J connectivity index is 2.17. The van der Waals surface area contributed by atoms with E-state index in [1.54, 1.807) is 42.5 Å². The molecule has 0 aliphatic carbocycles. The van der Waals surface area contributed by atoms with E-state index in [2.05, 4.69) is 10.6 Å². The molecule has 0 saturated heterocycles. The molecule has 0 aromatic heterocycles. The Kier molecular flexibility index (Phi) is 6.74. The molecule has 2 rings (SSSR count). The Labute approximate surface area is 156 Å². The molecular formula is C19H19ClN2O4. The molecule has 1 atom stereocenters. The van der Waals surface area contributed by atoms with E-state index in [9.17, 15) is 14.4 Å². The van der Waals surface area contributed by atoms with Gasteiger partial charge in [0.25, 0.3) is 5.91 Å². The fourth-order valence-corrected chi connectivity index (χ4v) is 2.62. The average Bonchev–Trinajstić information content (AvgIpc) is 2.61. The minimum atomic E-state index is -0.892. The lowest BCUT2D eigenvalue weighted by atomic mass is 10.1. The Bertz CT molecular complexity index is 823. The minimum absolute atomic E-state index is 0.198. The number of nitrogens with one attached hydrogen (secondary N) is 2. The Morgan fingerprint density at radius 3 is 2.50 bits per heavy atom. The first-order chi connectivity index (χ1) is 12.4. The topological polar surface area (TPSA) is 84.5 Å². The molecule has 0 fully saturated rings. The number of methoxy groups -OCH3 is 1. The first-order valence-electron chi connectivity index (χ1n) is 7.90. The molecule has 0 saturated carbocycles. The van der Waals surface area contributed by atoms with Gasteiger partial charge in [-0.2, -0.15) is 0 Å². The van der Waals surface area contributed by atoms with Gasteiger partial charge in [0.15, 0.2) is 0 Å². The van der Waals surface area contributed by atoms with E-state index < -0.39 is 17.9 Å². The number of anilines is 1. The van der Waals surface area contributed by atoms with Crippen molar-refractivity contribution < 1.29 is 19.1 Å². The van der Waals surface area contributed by atoms with Gasteiger partial charge in [-0.25, -0.2) is 4.79 Å². The van der Waals surface area contributed by atoms with Gasteiger partial charge < -0.3 is 15.4 Å². The summed E-state index contributed by atoms with van der Waals surface area (Å²) in [7, 11) is 1.26. The number of hydrogen-bond donors (Lipinski definition) is 2. The number of carbonyl (C=O) groups excluding carboxylic acids is 3. The summed E-state index contributed by atoms with van der Waals surface area (Å²) in [4.78, 5) is 35.7. The summed E-state index contributed by atoms with van der Waals surface area (Å²) < 4.78 is 4.78. The van der Waals surface area contributed by atoms with Crippen LogP contribution in [0, 0.1) is 0 Å². The van der Waals surface area contributed by atoms with Gasteiger partial charge in [-0.05, 0) is 29.8 Å². The molecule has 0 radical (unpaired) electrons. The number of benzene rings is 2. The molecule has 2 N–H and O–H groups in total. The summed E-state index contributed by atoms with van der Waals surface area (Å²) in [5, 5.41) is 5.77. The van der Waals surface area contributed by atoms with E-state index in [0.29, 0.717) is 16.3 Å². The van der Waals surface area contributed by atoms with Crippen molar-refractivity contribution in [3.05, 3.63) is 64.7 Å². The number of esters is 1. The van der Waals surface area contributed by atoms with Crippen molar-refractivity contribution in [2.24, 2.45) is 0 Å². The van der Waals surface area contributed by atoms with Crippen LogP contribution in [0.2, 0.25) is 5.02 Å². The Morgan fingerprint density at radius 1 is 1.12 bits per heavy atom. The molecule has 0 unspecified atom stereocenters. The molecule has 0 spiro atoms. The van der Waals surface area contributed by atoms with Crippen LogP contribution in [0.15, 0.2) is 48.5 Å². The second kappa shape index (κ2) is 9.01. The summed E-state index contributed by atoms with van der Waals surface area (Å²) in [5.74, 6) is -1.27. The van der Waals surface area contributed by atoms with E-state index >= 15 is 0 Å². The molecular weight excluding hydrogens is 356 g/mol. The lowest BCUT2D eigenvalue weighted by molar-refractivity contribution is -0.142. The standard InChI is InChI=1S/C19H19ClN2O4/c1-12(23)21-15-8-5-7-14(10-15)18(24)22-17(19(25)26-2)11-13-6-3-4-9-16(13)20/h3-10,17H,11H2,1-2H3,(H,21,23)(H,22,24)/t17-/m1/s1. The predicted molar refractivity (Wildman–Crippen MR) is 99.2 cm³/mol. The van der Waals surface area contributed by atoms with Crippen LogP contribution in [-0.4, -0.2) is 30.9 Å². The third-order valence-electron chi connectivity index (χ3n) is 3.62. The highest BCUT2D eigenvalue weighted by molar-refractivity contribution is 6.31. The van der Waals surface area contributed by atoms with Crippen molar-refractivity contribution in [3.63, 3.8) is 0 Å². The maximum atomic E-state index is 12.5. The van der Waals surface area contributed by atoms with Crippen molar-refractivity contribution >= 4 is 35.1 Å². The molecule has 0 aliphatic heterocycles. The molecule has 7 heteroatoms. The van der Waals surface area contributed by atoms with Gasteiger partial charge in [0, 0.05) is 29.6 Å². The summed E-state index contributed by atoms with van der Waals surface area (Å²) in [6.45, 7) is 1.38. The number of rotatable bonds is 6. The third-order valence-corrected chi connectivity index (χ3v) is 3.99. The van der Waals surface area contributed by atoms with Crippen molar-refractivity contribution in [1.29, 1.82) is 0 Å². The lowest BCUT2D eigenvalue weighted by Crippen LogP contribution is -2.43. The number of carbonyl (C=O) groups is 3. The molecule has 2 aromatic carbocycles. The number of hydrogen-bond acceptors (Lipinski definition) is 4. The van der Waals surface area contributed by atoms with Crippen molar-refractivity contribution in [2.75, 3.05) is 12.4 Å². The van der Waals surface area contributed by atoms with Gasteiger partial charge in [-0.15, -0.1) is 0 Å². The maximum absolute atomic E-state index is 12.5. The van der Waals surface area contributed by atoms with Crippen LogP contribution in [0.1, 0.15) is 22.8 Å². The normalized spacial score (nSPS) is 11.3. The van der Waals surface area contributed by atoms with Gasteiger partial charge >= 0.3 is 5.97 Å². The quantitative estimate of drug-likeness (QED) is 0.761. The van der Waals surface area contributed by atoms with E-state index in [-0.39, 0.29) is 12.3 Å². The van der Waals surface area contributed by atoms with Crippen LogP contribution >= 0.6 is 11.6 Å². The summed E-state index contributed by atoms with van der Waals surface area (Å²) >= 11 is 6.13. The van der Waals surface area contributed by atoms with Crippen LogP contribution in [0.5, 0.6) is 0 Å². The predicted octanol–water partition coefficient (Wildman–Crippen LogP) is 2.81. The van der Waals surface area contributed by atoms with Crippen molar-refractivity contribution in [3.8, 4) is 0 Å². The molecule has 0 heterocycles. The first-order valence-corrected chi connectivity index (χ1v) is 8.28. The van der Waals surface area contributed by atoms with Gasteiger partial charge in [0.1, 0.15) is 6.04 Å². The van der Waals surface area contributed by atoms with Crippen LogP contribution in [0.3, 0.4) is 0 Å². The molecule has 0 aliphatic rings. The van der Waals surface area contributed by atoms with Crippen molar-refractivity contribution in [1.82, 2.24) is 5.32 Å². The van der Waals surface area contributed by atoms with Gasteiger partial charge in [0.05, 0.1) is 7.11 Å². The summed E-state index contributed by atoms with van der Waals surface area (Å²) in [6, 6.07) is 12.6. The van der Waals surface area contributed by atoms with Crippen LogP contribution in [0.4, 0.5) is 5.69 Å². The fraction of sp³-hybridized carbons (Fsp3) is 0.211. The Hall–Kier alpha value is -2.86. The van der Waals surface area contributed by atoms with E-state index in [1.807, 2.05) is 0 Å². The fourth-order valence-electron chi connectivity index (χ4n) is 2.40. The minimum Gasteiger partial charge on any atom is -0.467 e. The SMILES string of the molecule is COC(=O)[C@@H](Cc1ccccc1Cl)NC(=O)c1cccc(NC(C)=O)c1. The molecule has 136 valence electrons.